The number of rotatable bonds is 0. The van der Waals surface area contributed by atoms with Crippen molar-refractivity contribution >= 4 is 16.0 Å². The van der Waals surface area contributed by atoms with E-state index in [4.69, 9.17) is 0 Å². The zero-order valence-electron chi connectivity index (χ0n) is 3.29. The van der Waals surface area contributed by atoms with Gasteiger partial charge in [0.2, 0.25) is 0 Å². The fourth-order valence-electron chi connectivity index (χ4n) is 0.411. The Bertz CT molecular complexity index is 80.1. The standard InChI is InChI=1S/C5H5Se/c6-5-3-1-2-4-5/h1-5H. The normalized spacial score (nSPS) is 20.2. The van der Waals surface area contributed by atoms with Crippen molar-refractivity contribution in [3.8, 4) is 0 Å². The van der Waals surface area contributed by atoms with Crippen LogP contribution in [0.15, 0.2) is 24.3 Å². The molecule has 0 spiro atoms. The van der Waals surface area contributed by atoms with Gasteiger partial charge in [-0.05, 0) is 0 Å². The van der Waals surface area contributed by atoms with Crippen LogP contribution in [0.4, 0.5) is 0 Å². The quantitative estimate of drug-likeness (QED) is 0.446. The van der Waals surface area contributed by atoms with Crippen LogP contribution in [0.25, 0.3) is 0 Å². The summed E-state index contributed by atoms with van der Waals surface area (Å²) >= 11 is 2.97. The Labute approximate surface area is 45.7 Å². The van der Waals surface area contributed by atoms with Gasteiger partial charge in [-0.1, -0.05) is 0 Å². The number of hydrogen-bond acceptors (Lipinski definition) is 0. The Morgan fingerprint density at radius 3 is 1.83 bits per heavy atom. The van der Waals surface area contributed by atoms with Crippen molar-refractivity contribution in [3.63, 3.8) is 0 Å². The molecular formula is C5H5Se. The molecule has 0 N–H and O–H groups in total. The van der Waals surface area contributed by atoms with E-state index in [-0.39, 0.29) is 0 Å². The molecule has 0 aromatic rings. The first-order valence-corrected chi connectivity index (χ1v) is 2.89. The van der Waals surface area contributed by atoms with Gasteiger partial charge in [-0.2, -0.15) is 0 Å². The minimum absolute atomic E-state index is 0.560. The Hall–Kier alpha value is -0.000519. The second-order valence-electron chi connectivity index (χ2n) is 1.23. The van der Waals surface area contributed by atoms with Gasteiger partial charge in [0.15, 0.2) is 0 Å². The summed E-state index contributed by atoms with van der Waals surface area (Å²) in [4.78, 5) is 0.560. The molecule has 1 rings (SSSR count). The Morgan fingerprint density at radius 2 is 1.67 bits per heavy atom. The molecule has 0 atom stereocenters. The summed E-state index contributed by atoms with van der Waals surface area (Å²) in [6, 6.07) is 0. The van der Waals surface area contributed by atoms with Crippen LogP contribution in [0.1, 0.15) is 0 Å². The van der Waals surface area contributed by atoms with Gasteiger partial charge < -0.3 is 0 Å². The predicted molar refractivity (Wildman–Crippen MR) is 27.8 cm³/mol. The molecule has 1 heteroatoms. The van der Waals surface area contributed by atoms with E-state index >= 15 is 0 Å². The van der Waals surface area contributed by atoms with E-state index in [1.54, 1.807) is 0 Å². The minimum atomic E-state index is 0.560. The Morgan fingerprint density at radius 1 is 1.17 bits per heavy atom. The Kier molecular flexibility index (Phi) is 1.13. The second kappa shape index (κ2) is 1.63. The topological polar surface area (TPSA) is 0 Å². The molecule has 0 saturated carbocycles. The third-order valence-electron chi connectivity index (χ3n) is 0.713. The Balaban J connectivity index is 2.60. The van der Waals surface area contributed by atoms with Crippen molar-refractivity contribution in [3.05, 3.63) is 24.3 Å². The molecule has 0 aromatic heterocycles. The van der Waals surface area contributed by atoms with E-state index in [1.165, 1.54) is 0 Å². The van der Waals surface area contributed by atoms with Crippen LogP contribution in [0.2, 0.25) is 4.82 Å². The molecule has 31 valence electrons. The van der Waals surface area contributed by atoms with Gasteiger partial charge in [0.1, 0.15) is 0 Å². The number of allylic oxidation sites excluding steroid dienone is 4. The summed E-state index contributed by atoms with van der Waals surface area (Å²) in [5.41, 5.74) is 0. The van der Waals surface area contributed by atoms with Crippen LogP contribution in [-0.2, 0) is 0 Å². The molecule has 0 fully saturated rings. The first kappa shape index (κ1) is 4.17. The predicted octanol–water partition coefficient (Wildman–Crippen LogP) is 1.07. The molecule has 0 nitrogen and oxygen atoms in total. The summed E-state index contributed by atoms with van der Waals surface area (Å²) in [5.74, 6) is 0. The van der Waals surface area contributed by atoms with Crippen molar-refractivity contribution in [2.45, 2.75) is 4.82 Å². The molecule has 1 aliphatic rings. The van der Waals surface area contributed by atoms with Crippen molar-refractivity contribution in [2.75, 3.05) is 0 Å². The van der Waals surface area contributed by atoms with Crippen LogP contribution in [0, 0.1) is 0 Å². The first-order valence-electron chi connectivity index (χ1n) is 1.90. The van der Waals surface area contributed by atoms with Crippen molar-refractivity contribution in [1.82, 2.24) is 0 Å². The second-order valence-corrected chi connectivity index (χ2v) is 2.38. The molecule has 0 bridgehead atoms. The van der Waals surface area contributed by atoms with Crippen LogP contribution in [0.5, 0.6) is 0 Å². The molecule has 1 aliphatic carbocycles. The van der Waals surface area contributed by atoms with E-state index in [0.717, 1.165) is 0 Å². The van der Waals surface area contributed by atoms with Crippen molar-refractivity contribution in [1.29, 1.82) is 0 Å². The molecule has 0 aliphatic heterocycles. The zero-order valence-corrected chi connectivity index (χ0v) is 5.01. The van der Waals surface area contributed by atoms with Gasteiger partial charge in [0, 0.05) is 0 Å². The molecule has 0 aromatic carbocycles. The third-order valence-corrected chi connectivity index (χ3v) is 1.37. The van der Waals surface area contributed by atoms with E-state index in [0.29, 0.717) is 4.82 Å². The summed E-state index contributed by atoms with van der Waals surface area (Å²) < 4.78 is 0. The average molecular weight is 144 g/mol. The maximum atomic E-state index is 2.97. The average Bonchev–Trinajstić information content (AvgIpc) is 1.86. The van der Waals surface area contributed by atoms with Gasteiger partial charge in [-0.25, -0.2) is 0 Å². The molecule has 0 heterocycles. The summed E-state index contributed by atoms with van der Waals surface area (Å²) in [6.07, 6.45) is 8.31. The van der Waals surface area contributed by atoms with Crippen molar-refractivity contribution < 1.29 is 0 Å². The van der Waals surface area contributed by atoms with Crippen LogP contribution in [-0.4, -0.2) is 16.0 Å². The van der Waals surface area contributed by atoms with Gasteiger partial charge in [-0.3, -0.25) is 0 Å². The van der Waals surface area contributed by atoms with Crippen LogP contribution < -0.4 is 0 Å². The van der Waals surface area contributed by atoms with Gasteiger partial charge >= 0.3 is 45.1 Å². The molecule has 0 unspecified atom stereocenters. The van der Waals surface area contributed by atoms with Crippen LogP contribution in [0.3, 0.4) is 0 Å². The van der Waals surface area contributed by atoms with Crippen molar-refractivity contribution in [2.24, 2.45) is 0 Å². The van der Waals surface area contributed by atoms with Gasteiger partial charge in [0.25, 0.3) is 0 Å². The van der Waals surface area contributed by atoms with Crippen LogP contribution >= 0.6 is 0 Å². The molecule has 1 radical (unpaired) electrons. The summed E-state index contributed by atoms with van der Waals surface area (Å²) in [6.45, 7) is 0. The fourth-order valence-corrected chi connectivity index (χ4v) is 0.792. The maximum absolute atomic E-state index is 2.97. The molecule has 0 saturated heterocycles. The SMILES string of the molecule is [Se]C1C=CC=C1. The number of hydrogen-bond donors (Lipinski definition) is 0. The van der Waals surface area contributed by atoms with E-state index < -0.39 is 0 Å². The summed E-state index contributed by atoms with van der Waals surface area (Å²) in [7, 11) is 0. The van der Waals surface area contributed by atoms with Gasteiger partial charge in [0.05, 0.1) is 0 Å². The van der Waals surface area contributed by atoms with E-state index in [2.05, 4.69) is 28.2 Å². The monoisotopic (exact) mass is 145 g/mol. The fraction of sp³-hybridized carbons (Fsp3) is 0.200. The first-order chi connectivity index (χ1) is 2.89. The molecular weight excluding hydrogens is 139 g/mol. The molecule has 6 heavy (non-hydrogen) atoms. The third kappa shape index (κ3) is 0.734. The van der Waals surface area contributed by atoms with E-state index in [9.17, 15) is 0 Å². The summed E-state index contributed by atoms with van der Waals surface area (Å²) in [5, 5.41) is 0. The van der Waals surface area contributed by atoms with E-state index in [1.807, 2.05) is 12.2 Å². The molecule has 0 amide bonds. The van der Waals surface area contributed by atoms with Gasteiger partial charge in [-0.15, -0.1) is 0 Å². The zero-order chi connectivity index (χ0) is 4.41.